The van der Waals surface area contributed by atoms with Gasteiger partial charge in [-0.2, -0.15) is 10.1 Å². The Kier molecular flexibility index (Phi) is 8.13. The molecule has 2 N–H and O–H groups in total. The Balaban J connectivity index is 1.46. The smallest absolute Gasteiger partial charge is 0.247 e. The van der Waals surface area contributed by atoms with E-state index in [1.165, 1.54) is 6.08 Å². The van der Waals surface area contributed by atoms with Gasteiger partial charge in [-0.3, -0.25) is 4.79 Å². The molecular formula is C29H33N9O2. The van der Waals surface area contributed by atoms with Crippen molar-refractivity contribution < 1.29 is 9.53 Å². The summed E-state index contributed by atoms with van der Waals surface area (Å²) < 4.78 is 7.26. The van der Waals surface area contributed by atoms with Gasteiger partial charge in [0.05, 0.1) is 36.0 Å². The summed E-state index contributed by atoms with van der Waals surface area (Å²) in [6.07, 6.45) is 4.92. The Bertz CT molecular complexity index is 1490. The van der Waals surface area contributed by atoms with Crippen LogP contribution in [0.2, 0.25) is 0 Å². The van der Waals surface area contributed by atoms with E-state index in [0.717, 1.165) is 29.1 Å². The summed E-state index contributed by atoms with van der Waals surface area (Å²) in [6.45, 7) is 8.80. The molecule has 0 atom stereocenters. The number of ether oxygens (including phenoxy) is 1. The van der Waals surface area contributed by atoms with Crippen LogP contribution in [-0.4, -0.2) is 75.9 Å². The first-order valence-corrected chi connectivity index (χ1v) is 13.1. The van der Waals surface area contributed by atoms with Crippen molar-refractivity contribution in [2.75, 3.05) is 55.9 Å². The van der Waals surface area contributed by atoms with Crippen molar-refractivity contribution >= 4 is 29.0 Å². The third kappa shape index (κ3) is 6.16. The van der Waals surface area contributed by atoms with Gasteiger partial charge in [0.2, 0.25) is 11.9 Å². The number of aryl methyl sites for hydroxylation is 1. The summed E-state index contributed by atoms with van der Waals surface area (Å²) in [5.74, 6) is 1.38. The number of hydrogen-bond donors (Lipinski definition) is 2. The lowest BCUT2D eigenvalue weighted by atomic mass is 10.1. The van der Waals surface area contributed by atoms with Crippen LogP contribution < -0.4 is 15.5 Å². The first kappa shape index (κ1) is 27.0. The maximum absolute atomic E-state index is 12.2. The molecule has 1 aliphatic rings. The quantitative estimate of drug-likeness (QED) is 0.307. The van der Waals surface area contributed by atoms with Crippen molar-refractivity contribution in [1.82, 2.24) is 29.6 Å². The summed E-state index contributed by atoms with van der Waals surface area (Å²) in [5.41, 5.74) is 5.03. The number of pyridine rings is 1. The van der Waals surface area contributed by atoms with Crippen molar-refractivity contribution in [3.05, 3.63) is 78.8 Å². The lowest BCUT2D eigenvalue weighted by molar-refractivity contribution is -0.111. The molecule has 0 saturated carbocycles. The van der Waals surface area contributed by atoms with Crippen LogP contribution in [-0.2, 0) is 16.1 Å². The SMILES string of the molecule is C=CC(=O)Nc1cc(Nc2nccc(-n3cc(CN(C)C)c(-c4ccccc4)n3)n2)c(C)nc1N1CCOCC1. The van der Waals surface area contributed by atoms with Crippen LogP contribution in [0.3, 0.4) is 0 Å². The standard InChI is InChI=1S/C29H33N9O2/c1-5-26(39)32-24-17-23(20(2)31-28(24)37-13-15-40-16-14-37)33-29-30-12-11-25(34-29)38-19-22(18-36(3)4)27(35-38)21-9-7-6-8-10-21/h5-12,17,19H,1,13-16,18H2,2-4H3,(H,32,39)(H,30,33,34). The third-order valence-electron chi connectivity index (χ3n) is 6.39. The fourth-order valence-electron chi connectivity index (χ4n) is 4.49. The molecule has 0 bridgehead atoms. The lowest BCUT2D eigenvalue weighted by Gasteiger charge is -2.30. The Morgan fingerprint density at radius 2 is 1.90 bits per heavy atom. The van der Waals surface area contributed by atoms with E-state index in [9.17, 15) is 4.79 Å². The number of amides is 1. The highest BCUT2D eigenvalue weighted by atomic mass is 16.5. The number of aromatic nitrogens is 5. The highest BCUT2D eigenvalue weighted by molar-refractivity contribution is 6.01. The second-order valence-corrected chi connectivity index (χ2v) is 9.70. The van der Waals surface area contributed by atoms with E-state index in [1.54, 1.807) is 10.9 Å². The van der Waals surface area contributed by atoms with Crippen LogP contribution in [0.4, 0.5) is 23.1 Å². The molecule has 40 heavy (non-hydrogen) atoms. The molecule has 0 radical (unpaired) electrons. The molecule has 1 saturated heterocycles. The van der Waals surface area contributed by atoms with Crippen LogP contribution >= 0.6 is 0 Å². The monoisotopic (exact) mass is 539 g/mol. The highest BCUT2D eigenvalue weighted by Gasteiger charge is 2.20. The van der Waals surface area contributed by atoms with Gasteiger partial charge in [-0.05, 0) is 33.2 Å². The topological polar surface area (TPSA) is 113 Å². The molecule has 0 spiro atoms. The lowest BCUT2D eigenvalue weighted by Crippen LogP contribution is -2.37. The van der Waals surface area contributed by atoms with Crippen LogP contribution in [0, 0.1) is 6.92 Å². The number of nitrogens with one attached hydrogen (secondary N) is 2. The first-order chi connectivity index (χ1) is 19.4. The predicted octanol–water partition coefficient (Wildman–Crippen LogP) is 3.80. The van der Waals surface area contributed by atoms with Crippen molar-refractivity contribution in [2.45, 2.75) is 13.5 Å². The second kappa shape index (κ2) is 12.1. The number of carbonyl (C=O) groups excluding carboxylic acids is 1. The fourth-order valence-corrected chi connectivity index (χ4v) is 4.49. The van der Waals surface area contributed by atoms with Gasteiger partial charge >= 0.3 is 0 Å². The van der Waals surface area contributed by atoms with Crippen molar-refractivity contribution in [1.29, 1.82) is 0 Å². The maximum Gasteiger partial charge on any atom is 0.247 e. The van der Waals surface area contributed by atoms with Gasteiger partial charge in [0.15, 0.2) is 11.6 Å². The number of hydrogen-bond acceptors (Lipinski definition) is 9. The zero-order valence-corrected chi connectivity index (χ0v) is 23.0. The van der Waals surface area contributed by atoms with E-state index in [0.29, 0.717) is 55.3 Å². The van der Waals surface area contributed by atoms with E-state index >= 15 is 0 Å². The van der Waals surface area contributed by atoms with Crippen LogP contribution in [0.5, 0.6) is 0 Å². The average molecular weight is 540 g/mol. The number of anilines is 4. The van der Waals surface area contributed by atoms with Crippen LogP contribution in [0.15, 0.2) is 67.5 Å². The molecule has 1 aromatic carbocycles. The molecule has 4 aromatic rings. The number of carbonyl (C=O) groups is 1. The van der Waals surface area contributed by atoms with Crippen molar-refractivity contribution in [3.8, 4) is 17.1 Å². The van der Waals surface area contributed by atoms with Crippen molar-refractivity contribution in [3.63, 3.8) is 0 Å². The number of nitrogens with zero attached hydrogens (tertiary/aromatic N) is 7. The molecular weight excluding hydrogens is 506 g/mol. The number of morpholine rings is 1. The van der Waals surface area contributed by atoms with Gasteiger partial charge in [-0.25, -0.2) is 14.6 Å². The van der Waals surface area contributed by atoms with Gasteiger partial charge in [-0.1, -0.05) is 36.9 Å². The van der Waals surface area contributed by atoms with Gasteiger partial charge in [0, 0.05) is 49.2 Å². The second-order valence-electron chi connectivity index (χ2n) is 9.70. The largest absolute Gasteiger partial charge is 0.378 e. The summed E-state index contributed by atoms with van der Waals surface area (Å²) in [6, 6.07) is 13.8. The highest BCUT2D eigenvalue weighted by Crippen LogP contribution is 2.31. The molecule has 4 heterocycles. The molecule has 5 rings (SSSR count). The van der Waals surface area contributed by atoms with E-state index in [2.05, 4.69) is 44.1 Å². The zero-order chi connectivity index (χ0) is 28.1. The summed E-state index contributed by atoms with van der Waals surface area (Å²) in [7, 11) is 4.07. The minimum Gasteiger partial charge on any atom is -0.378 e. The number of rotatable bonds is 9. The normalized spacial score (nSPS) is 13.3. The Morgan fingerprint density at radius 1 is 1.12 bits per heavy atom. The minimum atomic E-state index is -0.314. The molecule has 1 amide bonds. The molecule has 11 nitrogen and oxygen atoms in total. The molecule has 1 aliphatic heterocycles. The molecule has 0 aliphatic carbocycles. The molecule has 1 fully saturated rings. The summed E-state index contributed by atoms with van der Waals surface area (Å²) in [4.78, 5) is 30.4. The fraction of sp³-hybridized carbons (Fsp3) is 0.276. The summed E-state index contributed by atoms with van der Waals surface area (Å²) >= 11 is 0. The zero-order valence-electron chi connectivity index (χ0n) is 23.0. The van der Waals surface area contributed by atoms with E-state index in [1.807, 2.05) is 57.5 Å². The van der Waals surface area contributed by atoms with E-state index in [4.69, 9.17) is 19.8 Å². The Labute approximate surface area is 233 Å². The molecule has 3 aromatic heterocycles. The maximum atomic E-state index is 12.2. The van der Waals surface area contributed by atoms with Crippen LogP contribution in [0.1, 0.15) is 11.3 Å². The average Bonchev–Trinajstić information content (AvgIpc) is 3.39. The van der Waals surface area contributed by atoms with E-state index in [-0.39, 0.29) is 5.91 Å². The predicted molar refractivity (Wildman–Crippen MR) is 156 cm³/mol. The van der Waals surface area contributed by atoms with Gasteiger partial charge in [0.25, 0.3) is 0 Å². The van der Waals surface area contributed by atoms with E-state index < -0.39 is 0 Å². The number of benzene rings is 1. The van der Waals surface area contributed by atoms with Crippen molar-refractivity contribution in [2.24, 2.45) is 0 Å². The van der Waals surface area contributed by atoms with Gasteiger partial charge < -0.3 is 25.2 Å². The van der Waals surface area contributed by atoms with Gasteiger partial charge in [-0.15, -0.1) is 0 Å². The molecule has 11 heteroatoms. The minimum absolute atomic E-state index is 0.314. The van der Waals surface area contributed by atoms with Crippen LogP contribution in [0.25, 0.3) is 17.1 Å². The van der Waals surface area contributed by atoms with Gasteiger partial charge in [0.1, 0.15) is 0 Å². The summed E-state index contributed by atoms with van der Waals surface area (Å²) in [5, 5.41) is 11.0. The molecule has 0 unspecified atom stereocenters. The first-order valence-electron chi connectivity index (χ1n) is 13.1. The Hall–Kier alpha value is -4.61. The molecule has 206 valence electrons. The third-order valence-corrected chi connectivity index (χ3v) is 6.39. The Morgan fingerprint density at radius 3 is 2.62 bits per heavy atom.